The molecule has 0 bridgehead atoms. The summed E-state index contributed by atoms with van der Waals surface area (Å²) in [5.74, 6) is 0.778. The zero-order valence-corrected chi connectivity index (χ0v) is 14.2. The molecule has 1 aromatic carbocycles. The lowest BCUT2D eigenvalue weighted by Crippen LogP contribution is -2.39. The maximum atomic E-state index is 13.6. The van der Waals surface area contributed by atoms with Crippen molar-refractivity contribution < 1.29 is 8.78 Å². The molecule has 21 heavy (non-hydrogen) atoms. The van der Waals surface area contributed by atoms with Gasteiger partial charge in [0.25, 0.3) is 0 Å². The van der Waals surface area contributed by atoms with E-state index in [2.05, 4.69) is 19.2 Å². The molecule has 0 radical (unpaired) electrons. The Morgan fingerprint density at radius 2 is 1.95 bits per heavy atom. The van der Waals surface area contributed by atoms with E-state index in [4.69, 9.17) is 0 Å². The number of hydrogen-bond donors (Lipinski definition) is 1. The molecule has 1 heterocycles. The maximum Gasteiger partial charge on any atom is 0.159 e. The van der Waals surface area contributed by atoms with E-state index in [1.54, 1.807) is 6.07 Å². The molecule has 0 spiro atoms. The summed E-state index contributed by atoms with van der Waals surface area (Å²) in [5, 5.41) is 4.51. The molecule has 1 aliphatic rings. The van der Waals surface area contributed by atoms with Crippen molar-refractivity contribution in [1.29, 1.82) is 0 Å². The van der Waals surface area contributed by atoms with Crippen LogP contribution in [-0.4, -0.2) is 28.6 Å². The van der Waals surface area contributed by atoms with Gasteiger partial charge in [0.05, 0.1) is 0 Å². The van der Waals surface area contributed by atoms with Crippen LogP contribution in [0, 0.1) is 11.6 Å². The average molecular weight is 331 g/mol. The minimum atomic E-state index is -0.772. The van der Waals surface area contributed by atoms with E-state index >= 15 is 0 Å². The standard InChI is InChI=1S/C16H23F2NS2/c1-3-7-19-15(11-5-6-12(17)13(18)10-11)16-14(4-2)20-8-9-21-16/h5-6,10,14-16,19H,3-4,7-9H2,1-2H3. The van der Waals surface area contributed by atoms with Crippen molar-refractivity contribution in [1.82, 2.24) is 5.32 Å². The van der Waals surface area contributed by atoms with Gasteiger partial charge in [-0.25, -0.2) is 8.78 Å². The highest BCUT2D eigenvalue weighted by atomic mass is 32.2. The van der Waals surface area contributed by atoms with Crippen molar-refractivity contribution in [2.24, 2.45) is 0 Å². The summed E-state index contributed by atoms with van der Waals surface area (Å²) in [7, 11) is 0. The fraction of sp³-hybridized carbons (Fsp3) is 0.625. The predicted molar refractivity (Wildman–Crippen MR) is 90.2 cm³/mol. The molecule has 1 aliphatic heterocycles. The Morgan fingerprint density at radius 3 is 2.62 bits per heavy atom. The van der Waals surface area contributed by atoms with Gasteiger partial charge in [-0.2, -0.15) is 23.5 Å². The van der Waals surface area contributed by atoms with Crippen molar-refractivity contribution in [2.75, 3.05) is 18.1 Å². The summed E-state index contributed by atoms with van der Waals surface area (Å²) in [4.78, 5) is 0. The van der Waals surface area contributed by atoms with Gasteiger partial charge in [-0.15, -0.1) is 0 Å². The monoisotopic (exact) mass is 331 g/mol. The number of hydrogen-bond acceptors (Lipinski definition) is 3. The van der Waals surface area contributed by atoms with Crippen molar-refractivity contribution in [2.45, 2.75) is 43.2 Å². The van der Waals surface area contributed by atoms with Gasteiger partial charge in [-0.3, -0.25) is 0 Å². The van der Waals surface area contributed by atoms with Gasteiger partial charge in [-0.1, -0.05) is 19.9 Å². The van der Waals surface area contributed by atoms with Gasteiger partial charge in [0.1, 0.15) is 0 Å². The molecule has 2 rings (SSSR count). The van der Waals surface area contributed by atoms with Crippen LogP contribution in [-0.2, 0) is 0 Å². The Kier molecular flexibility index (Phi) is 6.83. The predicted octanol–water partition coefficient (Wildman–Crippen LogP) is 4.63. The van der Waals surface area contributed by atoms with Crippen LogP contribution in [0.1, 0.15) is 38.3 Å². The summed E-state index contributed by atoms with van der Waals surface area (Å²) in [5.41, 5.74) is 0.862. The maximum absolute atomic E-state index is 13.6. The number of rotatable bonds is 6. The van der Waals surface area contributed by atoms with Crippen molar-refractivity contribution in [3.05, 3.63) is 35.4 Å². The molecule has 3 unspecified atom stereocenters. The van der Waals surface area contributed by atoms with E-state index < -0.39 is 11.6 Å². The molecule has 3 atom stereocenters. The van der Waals surface area contributed by atoms with E-state index in [0.29, 0.717) is 10.5 Å². The molecule has 1 saturated heterocycles. The zero-order valence-electron chi connectivity index (χ0n) is 12.6. The summed E-state index contributed by atoms with van der Waals surface area (Å²) in [6, 6.07) is 4.41. The Morgan fingerprint density at radius 1 is 1.19 bits per heavy atom. The largest absolute Gasteiger partial charge is 0.309 e. The fourth-order valence-electron chi connectivity index (χ4n) is 2.68. The summed E-state index contributed by atoms with van der Waals surface area (Å²) in [6.07, 6.45) is 2.14. The van der Waals surface area contributed by atoms with Gasteiger partial charge in [0.2, 0.25) is 0 Å². The first-order chi connectivity index (χ1) is 10.2. The molecule has 1 aromatic rings. The third-order valence-corrected chi connectivity index (χ3v) is 7.09. The van der Waals surface area contributed by atoms with Crippen LogP contribution in [0.15, 0.2) is 18.2 Å². The minimum Gasteiger partial charge on any atom is -0.309 e. The molecular formula is C16H23F2NS2. The summed E-state index contributed by atoms with van der Waals surface area (Å²) >= 11 is 3.97. The highest BCUT2D eigenvalue weighted by molar-refractivity contribution is 8.07. The van der Waals surface area contributed by atoms with E-state index in [1.807, 2.05) is 23.5 Å². The molecule has 1 fully saturated rings. The van der Waals surface area contributed by atoms with Crippen LogP contribution in [0.2, 0.25) is 0 Å². The molecular weight excluding hydrogens is 308 g/mol. The van der Waals surface area contributed by atoms with Crippen molar-refractivity contribution in [3.63, 3.8) is 0 Å². The fourth-order valence-corrected chi connectivity index (χ4v) is 5.93. The smallest absolute Gasteiger partial charge is 0.159 e. The number of thioether (sulfide) groups is 2. The van der Waals surface area contributed by atoms with E-state index in [9.17, 15) is 8.78 Å². The summed E-state index contributed by atoms with van der Waals surface area (Å²) < 4.78 is 26.8. The second-order valence-electron chi connectivity index (χ2n) is 5.26. The van der Waals surface area contributed by atoms with Crippen molar-refractivity contribution >= 4 is 23.5 Å². The molecule has 0 saturated carbocycles. The van der Waals surface area contributed by atoms with Gasteiger partial charge in [-0.05, 0) is 37.1 Å². The van der Waals surface area contributed by atoms with Crippen LogP contribution < -0.4 is 5.32 Å². The van der Waals surface area contributed by atoms with Gasteiger partial charge in [0.15, 0.2) is 11.6 Å². The van der Waals surface area contributed by atoms with Gasteiger partial charge in [0, 0.05) is 28.0 Å². The zero-order chi connectivity index (χ0) is 15.2. The van der Waals surface area contributed by atoms with E-state index in [1.165, 1.54) is 17.9 Å². The highest BCUT2D eigenvalue weighted by Gasteiger charge is 2.33. The molecule has 1 N–H and O–H groups in total. The number of halogens is 2. The van der Waals surface area contributed by atoms with Crippen LogP contribution in [0.4, 0.5) is 8.78 Å². The Bertz CT molecular complexity index is 456. The molecule has 1 nitrogen and oxygen atoms in total. The molecule has 0 aliphatic carbocycles. The summed E-state index contributed by atoms with van der Waals surface area (Å²) in [6.45, 7) is 5.22. The molecule has 0 aromatic heterocycles. The van der Waals surface area contributed by atoms with Crippen LogP contribution in [0.25, 0.3) is 0 Å². The lowest BCUT2D eigenvalue weighted by molar-refractivity contribution is 0.480. The van der Waals surface area contributed by atoms with E-state index in [-0.39, 0.29) is 6.04 Å². The second kappa shape index (κ2) is 8.39. The Labute approximate surface area is 134 Å². The lowest BCUT2D eigenvalue weighted by atomic mass is 9.99. The van der Waals surface area contributed by atoms with Crippen LogP contribution in [0.3, 0.4) is 0 Å². The lowest BCUT2D eigenvalue weighted by Gasteiger charge is -2.36. The quantitative estimate of drug-likeness (QED) is 0.816. The Hall–Kier alpha value is -0.260. The molecule has 118 valence electrons. The molecule has 5 heteroatoms. The Balaban J connectivity index is 2.25. The first kappa shape index (κ1) is 17.1. The van der Waals surface area contributed by atoms with Gasteiger partial charge >= 0.3 is 0 Å². The minimum absolute atomic E-state index is 0.0859. The normalized spacial score (nSPS) is 24.0. The molecule has 0 amide bonds. The first-order valence-corrected chi connectivity index (χ1v) is 9.68. The average Bonchev–Trinajstić information content (AvgIpc) is 2.51. The topological polar surface area (TPSA) is 12.0 Å². The van der Waals surface area contributed by atoms with Gasteiger partial charge < -0.3 is 5.32 Å². The third kappa shape index (κ3) is 4.36. The number of nitrogens with one attached hydrogen (secondary N) is 1. The van der Waals surface area contributed by atoms with Crippen molar-refractivity contribution in [3.8, 4) is 0 Å². The van der Waals surface area contributed by atoms with Crippen LogP contribution >= 0.6 is 23.5 Å². The van der Waals surface area contributed by atoms with Crippen LogP contribution in [0.5, 0.6) is 0 Å². The number of benzene rings is 1. The SMILES string of the molecule is CCCNC(c1ccc(F)c(F)c1)C1SCCSC1CC. The second-order valence-corrected chi connectivity index (χ2v) is 7.89. The van der Waals surface area contributed by atoms with E-state index in [0.717, 1.165) is 30.7 Å². The first-order valence-electron chi connectivity index (χ1n) is 7.58. The highest BCUT2D eigenvalue weighted by Crippen LogP contribution is 2.40. The third-order valence-electron chi connectivity index (χ3n) is 3.74.